The number of hydrogen-bond acceptors (Lipinski definition) is 5. The predicted octanol–water partition coefficient (Wildman–Crippen LogP) is 18.0. The number of unbranched alkanes of at least 4 members (excludes halogenated alkanes) is 31. The number of allylic oxidation sites excluding steroid dienone is 10. The maximum Gasteiger partial charge on any atom is 0.306 e. The van der Waals surface area contributed by atoms with Gasteiger partial charge in [0.15, 0.2) is 0 Å². The van der Waals surface area contributed by atoms with Gasteiger partial charge in [-0.3, -0.25) is 9.59 Å². The van der Waals surface area contributed by atoms with Crippen LogP contribution in [0.3, 0.4) is 0 Å². The Morgan fingerprint density at radius 1 is 0.448 bits per heavy atom. The number of rotatable bonds is 52. The van der Waals surface area contributed by atoms with Crippen LogP contribution in [0.15, 0.2) is 60.8 Å². The van der Waals surface area contributed by atoms with E-state index in [1.54, 1.807) is 0 Å². The van der Waals surface area contributed by atoms with Gasteiger partial charge in [-0.25, -0.2) is 0 Å². The van der Waals surface area contributed by atoms with Gasteiger partial charge in [0.1, 0.15) is 6.10 Å². The molecule has 0 aliphatic heterocycles. The first-order chi connectivity index (χ1) is 33.0. The topological polar surface area (TPSA) is 95.9 Å². The Morgan fingerprint density at radius 2 is 0.821 bits per heavy atom. The van der Waals surface area contributed by atoms with E-state index in [0.717, 1.165) is 77.0 Å². The smallest absolute Gasteiger partial charge is 0.306 e. The van der Waals surface area contributed by atoms with Gasteiger partial charge in [0.25, 0.3) is 0 Å². The van der Waals surface area contributed by atoms with Gasteiger partial charge in [0.2, 0.25) is 5.91 Å². The van der Waals surface area contributed by atoms with Crippen LogP contribution in [-0.2, 0) is 14.3 Å². The molecule has 0 bridgehead atoms. The lowest BCUT2D eigenvalue weighted by Crippen LogP contribution is -2.46. The van der Waals surface area contributed by atoms with Crippen molar-refractivity contribution < 1.29 is 24.5 Å². The zero-order valence-corrected chi connectivity index (χ0v) is 44.5. The van der Waals surface area contributed by atoms with E-state index < -0.39 is 18.2 Å². The Balaban J connectivity index is 4.61. The van der Waals surface area contributed by atoms with Gasteiger partial charge in [-0.05, 0) is 83.5 Å². The summed E-state index contributed by atoms with van der Waals surface area (Å²) in [6.45, 7) is 6.46. The number of nitrogens with one attached hydrogen (secondary N) is 1. The Labute approximate surface area is 416 Å². The summed E-state index contributed by atoms with van der Waals surface area (Å²) in [7, 11) is 0. The second kappa shape index (κ2) is 54.5. The SMILES string of the molecule is CCCCC/C=C\C/C=C\C/C=C\CCCCCCCCC(=O)OC(CCC/C=C/C=C/CCCCCCCCC)CC(=O)NC(CO)C(O)CCCCCCCCCCCCCCCCC. The molecule has 0 aromatic rings. The first-order valence-corrected chi connectivity index (χ1v) is 29.0. The molecule has 0 aliphatic carbocycles. The van der Waals surface area contributed by atoms with E-state index in [9.17, 15) is 19.8 Å². The molecule has 67 heavy (non-hydrogen) atoms. The van der Waals surface area contributed by atoms with Crippen molar-refractivity contribution in [3.05, 3.63) is 60.8 Å². The molecule has 0 aliphatic rings. The van der Waals surface area contributed by atoms with Crippen molar-refractivity contribution in [3.63, 3.8) is 0 Å². The first-order valence-electron chi connectivity index (χ1n) is 29.0. The third-order valence-electron chi connectivity index (χ3n) is 13.1. The molecule has 1 amide bonds. The third kappa shape index (κ3) is 49.8. The van der Waals surface area contributed by atoms with Crippen LogP contribution in [0, 0.1) is 0 Å². The summed E-state index contributed by atoms with van der Waals surface area (Å²) in [5, 5.41) is 23.9. The predicted molar refractivity (Wildman–Crippen MR) is 292 cm³/mol. The van der Waals surface area contributed by atoms with Crippen molar-refractivity contribution in [1.29, 1.82) is 0 Å². The zero-order chi connectivity index (χ0) is 48.8. The number of hydrogen-bond donors (Lipinski definition) is 3. The lowest BCUT2D eigenvalue weighted by molar-refractivity contribution is -0.151. The van der Waals surface area contributed by atoms with Crippen molar-refractivity contribution in [2.45, 2.75) is 309 Å². The minimum Gasteiger partial charge on any atom is -0.462 e. The van der Waals surface area contributed by atoms with E-state index in [1.807, 2.05) is 0 Å². The maximum absolute atomic E-state index is 13.3. The van der Waals surface area contributed by atoms with Crippen LogP contribution in [0.2, 0.25) is 0 Å². The summed E-state index contributed by atoms with van der Waals surface area (Å²) < 4.78 is 5.93. The quantitative estimate of drug-likeness (QED) is 0.0244. The fraction of sp³-hybridized carbons (Fsp3) is 0.803. The number of aliphatic hydroxyl groups is 2. The van der Waals surface area contributed by atoms with Crippen LogP contribution in [-0.4, -0.2) is 46.9 Å². The van der Waals surface area contributed by atoms with Crippen molar-refractivity contribution in [1.82, 2.24) is 5.32 Å². The monoisotopic (exact) mass is 938 g/mol. The number of esters is 1. The summed E-state index contributed by atoms with van der Waals surface area (Å²) in [6.07, 6.45) is 68.6. The molecule has 0 aromatic heterocycles. The molecule has 0 heterocycles. The first kappa shape index (κ1) is 64.6. The number of carbonyl (C=O) groups is 2. The van der Waals surface area contributed by atoms with Crippen LogP contribution >= 0.6 is 0 Å². The number of amides is 1. The molecule has 0 aromatic carbocycles. The molecule has 390 valence electrons. The third-order valence-corrected chi connectivity index (χ3v) is 13.1. The molecule has 6 nitrogen and oxygen atoms in total. The standard InChI is InChI=1S/C61H111NO5/c1-4-7-10-13-16-19-22-25-28-29-30-31-33-36-39-42-45-48-51-54-61(66)67-57(52-49-46-43-40-37-34-27-24-21-18-15-12-9-6-3)55-60(65)62-58(56-63)59(64)53-50-47-44-41-38-35-32-26-23-20-17-14-11-8-5-2/h16,19,25,28,30-31,34,37,40,43,57-59,63-64H,4-15,17-18,20-24,26-27,29,32-33,35-36,38-39,41-42,44-56H2,1-3H3,(H,62,65)/b19-16-,28-25-,31-30-,37-34+,43-40+. The molecule has 0 spiro atoms. The molecule has 0 radical (unpaired) electrons. The van der Waals surface area contributed by atoms with E-state index in [2.05, 4.69) is 86.8 Å². The highest BCUT2D eigenvalue weighted by atomic mass is 16.5. The molecule has 3 N–H and O–H groups in total. The minimum absolute atomic E-state index is 0.0389. The number of ether oxygens (including phenoxy) is 1. The fourth-order valence-corrected chi connectivity index (χ4v) is 8.67. The van der Waals surface area contributed by atoms with Crippen molar-refractivity contribution in [2.75, 3.05) is 6.61 Å². The second-order valence-corrected chi connectivity index (χ2v) is 19.7. The van der Waals surface area contributed by atoms with E-state index in [-0.39, 0.29) is 24.9 Å². The molecule has 6 heteroatoms. The van der Waals surface area contributed by atoms with Gasteiger partial charge in [-0.2, -0.15) is 0 Å². The highest BCUT2D eigenvalue weighted by Crippen LogP contribution is 2.17. The average Bonchev–Trinajstić information content (AvgIpc) is 3.32. The van der Waals surface area contributed by atoms with Crippen LogP contribution in [0.5, 0.6) is 0 Å². The van der Waals surface area contributed by atoms with Crippen molar-refractivity contribution in [3.8, 4) is 0 Å². The van der Waals surface area contributed by atoms with E-state index in [4.69, 9.17) is 4.74 Å². The Hall–Kier alpha value is -2.44. The van der Waals surface area contributed by atoms with Crippen LogP contribution in [0.4, 0.5) is 0 Å². The van der Waals surface area contributed by atoms with Gasteiger partial charge in [-0.15, -0.1) is 0 Å². The second-order valence-electron chi connectivity index (χ2n) is 19.7. The van der Waals surface area contributed by atoms with Gasteiger partial charge in [0, 0.05) is 6.42 Å². The minimum atomic E-state index is -0.804. The van der Waals surface area contributed by atoms with Gasteiger partial charge < -0.3 is 20.3 Å². The van der Waals surface area contributed by atoms with Gasteiger partial charge in [-0.1, -0.05) is 255 Å². The zero-order valence-electron chi connectivity index (χ0n) is 44.5. The lowest BCUT2D eigenvalue weighted by Gasteiger charge is -2.24. The molecular formula is C61H111NO5. The Kier molecular flexibility index (Phi) is 52.5. The maximum atomic E-state index is 13.3. The summed E-state index contributed by atoms with van der Waals surface area (Å²) in [6, 6.07) is -0.721. The molecule has 0 saturated heterocycles. The molecule has 0 saturated carbocycles. The molecule has 3 unspecified atom stereocenters. The number of aliphatic hydroxyl groups excluding tert-OH is 2. The summed E-state index contributed by atoms with van der Waals surface area (Å²) >= 11 is 0. The van der Waals surface area contributed by atoms with Crippen LogP contribution in [0.1, 0.15) is 290 Å². The van der Waals surface area contributed by atoms with Crippen LogP contribution < -0.4 is 5.32 Å². The largest absolute Gasteiger partial charge is 0.462 e. The molecule has 0 fully saturated rings. The van der Waals surface area contributed by atoms with Gasteiger partial charge >= 0.3 is 5.97 Å². The Bertz CT molecular complexity index is 1190. The number of carbonyl (C=O) groups excluding carboxylic acids is 2. The van der Waals surface area contributed by atoms with E-state index in [1.165, 1.54) is 167 Å². The van der Waals surface area contributed by atoms with Crippen LogP contribution in [0.25, 0.3) is 0 Å². The molecule has 0 rings (SSSR count). The molecule has 3 atom stereocenters. The normalized spacial score (nSPS) is 13.6. The van der Waals surface area contributed by atoms with E-state index >= 15 is 0 Å². The van der Waals surface area contributed by atoms with Crippen molar-refractivity contribution >= 4 is 11.9 Å². The summed E-state index contributed by atoms with van der Waals surface area (Å²) in [5.74, 6) is -0.529. The molecular weight excluding hydrogens is 827 g/mol. The highest BCUT2D eigenvalue weighted by Gasteiger charge is 2.24. The lowest BCUT2D eigenvalue weighted by atomic mass is 10.0. The highest BCUT2D eigenvalue weighted by molar-refractivity contribution is 5.77. The Morgan fingerprint density at radius 3 is 1.30 bits per heavy atom. The van der Waals surface area contributed by atoms with Crippen molar-refractivity contribution in [2.24, 2.45) is 0 Å². The van der Waals surface area contributed by atoms with E-state index in [0.29, 0.717) is 19.3 Å². The average molecular weight is 939 g/mol. The summed E-state index contributed by atoms with van der Waals surface area (Å²) in [4.78, 5) is 26.3. The van der Waals surface area contributed by atoms with Gasteiger partial charge in [0.05, 0.1) is 25.2 Å². The fourth-order valence-electron chi connectivity index (χ4n) is 8.67. The summed E-state index contributed by atoms with van der Waals surface area (Å²) in [5.41, 5.74) is 0.